The first kappa shape index (κ1) is 12.5. The van der Waals surface area contributed by atoms with Crippen LogP contribution < -0.4 is 5.73 Å². The molecule has 3 aromatic rings. The first-order valence-corrected chi connectivity index (χ1v) is 7.48. The van der Waals surface area contributed by atoms with Crippen LogP contribution in [-0.4, -0.2) is 4.98 Å². The predicted molar refractivity (Wildman–Crippen MR) is 86.0 cm³/mol. The topological polar surface area (TPSA) is 38.9 Å². The summed E-state index contributed by atoms with van der Waals surface area (Å²) in [5.41, 5.74) is 10.2. The Bertz CT molecular complexity index is 767. The van der Waals surface area contributed by atoms with Crippen LogP contribution in [0.25, 0.3) is 10.9 Å². The van der Waals surface area contributed by atoms with E-state index in [4.69, 9.17) is 5.73 Å². The van der Waals surface area contributed by atoms with Gasteiger partial charge in [-0.2, -0.15) is 0 Å². The van der Waals surface area contributed by atoms with Crippen molar-refractivity contribution in [2.45, 2.75) is 18.4 Å². The van der Waals surface area contributed by atoms with E-state index in [-0.39, 0.29) is 6.04 Å². The Kier molecular flexibility index (Phi) is 2.97. The van der Waals surface area contributed by atoms with Crippen LogP contribution in [0.1, 0.15) is 29.5 Å². The van der Waals surface area contributed by atoms with Gasteiger partial charge in [-0.3, -0.25) is 4.98 Å². The fourth-order valence-electron chi connectivity index (χ4n) is 3.24. The van der Waals surface area contributed by atoms with Gasteiger partial charge in [0.15, 0.2) is 0 Å². The minimum atomic E-state index is 0.111. The molecule has 0 spiro atoms. The molecular weight excluding hydrogens is 256 g/mol. The number of benzene rings is 2. The summed E-state index contributed by atoms with van der Waals surface area (Å²) in [6.45, 7) is 0. The second kappa shape index (κ2) is 4.97. The highest BCUT2D eigenvalue weighted by Gasteiger charge is 2.42. The van der Waals surface area contributed by atoms with Gasteiger partial charge in [-0.25, -0.2) is 0 Å². The highest BCUT2D eigenvalue weighted by molar-refractivity contribution is 5.79. The summed E-state index contributed by atoms with van der Waals surface area (Å²) in [5, 5.41) is 1.17. The first-order chi connectivity index (χ1) is 10.3. The number of pyridine rings is 1. The van der Waals surface area contributed by atoms with Crippen molar-refractivity contribution in [3.8, 4) is 0 Å². The zero-order valence-corrected chi connectivity index (χ0v) is 11.8. The van der Waals surface area contributed by atoms with E-state index in [0.717, 1.165) is 5.52 Å². The highest BCUT2D eigenvalue weighted by Crippen LogP contribution is 2.53. The van der Waals surface area contributed by atoms with E-state index in [1.165, 1.54) is 22.9 Å². The molecule has 3 unspecified atom stereocenters. The van der Waals surface area contributed by atoms with E-state index >= 15 is 0 Å². The second-order valence-corrected chi connectivity index (χ2v) is 5.90. The number of aromatic nitrogens is 1. The Morgan fingerprint density at radius 3 is 2.71 bits per heavy atom. The number of hydrogen-bond acceptors (Lipinski definition) is 2. The number of fused-ring (bicyclic) bond motifs is 1. The standard InChI is InChI=1S/C19H18N2/c20-19(17-12-16(17)13-5-2-1-3-6-13)15-8-9-18-14(11-15)7-4-10-21-18/h1-11,16-17,19H,12,20H2. The third kappa shape index (κ3) is 2.32. The Morgan fingerprint density at radius 1 is 1.00 bits per heavy atom. The van der Waals surface area contributed by atoms with Gasteiger partial charge >= 0.3 is 0 Å². The van der Waals surface area contributed by atoms with Gasteiger partial charge in [0.1, 0.15) is 0 Å². The molecule has 0 saturated heterocycles. The quantitative estimate of drug-likeness (QED) is 0.783. The lowest BCUT2D eigenvalue weighted by molar-refractivity contribution is 0.616. The molecule has 2 N–H and O–H groups in total. The molecule has 4 rings (SSSR count). The molecule has 1 fully saturated rings. The lowest BCUT2D eigenvalue weighted by atomic mass is 9.98. The molecule has 1 aromatic heterocycles. The molecule has 0 radical (unpaired) electrons. The van der Waals surface area contributed by atoms with Crippen molar-refractivity contribution in [2.24, 2.45) is 11.7 Å². The Morgan fingerprint density at radius 2 is 1.86 bits per heavy atom. The van der Waals surface area contributed by atoms with Gasteiger partial charge in [-0.1, -0.05) is 42.5 Å². The first-order valence-electron chi connectivity index (χ1n) is 7.48. The van der Waals surface area contributed by atoms with Gasteiger partial charge in [-0.05, 0) is 47.6 Å². The van der Waals surface area contributed by atoms with Crippen molar-refractivity contribution in [1.29, 1.82) is 0 Å². The minimum absolute atomic E-state index is 0.111. The lowest BCUT2D eigenvalue weighted by Crippen LogP contribution is -2.13. The third-order valence-corrected chi connectivity index (χ3v) is 4.54. The predicted octanol–water partition coefficient (Wildman–Crippen LogP) is 4.04. The normalized spacial score (nSPS) is 22.1. The molecule has 1 aliphatic rings. The van der Waals surface area contributed by atoms with Gasteiger partial charge in [0.25, 0.3) is 0 Å². The van der Waals surface area contributed by atoms with Crippen LogP contribution in [0, 0.1) is 5.92 Å². The Balaban J connectivity index is 1.58. The fraction of sp³-hybridized carbons (Fsp3) is 0.211. The van der Waals surface area contributed by atoms with Gasteiger partial charge in [-0.15, -0.1) is 0 Å². The van der Waals surface area contributed by atoms with E-state index in [1.807, 2.05) is 12.3 Å². The molecule has 1 saturated carbocycles. The maximum Gasteiger partial charge on any atom is 0.0702 e. The summed E-state index contributed by atoms with van der Waals surface area (Å²) in [6, 6.07) is 21.3. The van der Waals surface area contributed by atoms with Crippen LogP contribution in [0.4, 0.5) is 0 Å². The van der Waals surface area contributed by atoms with Crippen molar-refractivity contribution in [3.63, 3.8) is 0 Å². The Hall–Kier alpha value is -2.19. The zero-order valence-electron chi connectivity index (χ0n) is 11.8. The summed E-state index contributed by atoms with van der Waals surface area (Å²) in [7, 11) is 0. The molecule has 1 aliphatic carbocycles. The van der Waals surface area contributed by atoms with E-state index in [0.29, 0.717) is 11.8 Å². The summed E-state index contributed by atoms with van der Waals surface area (Å²) in [4.78, 5) is 4.36. The number of hydrogen-bond donors (Lipinski definition) is 1. The molecule has 1 heterocycles. The van der Waals surface area contributed by atoms with E-state index in [2.05, 4.69) is 59.6 Å². The molecule has 2 nitrogen and oxygen atoms in total. The van der Waals surface area contributed by atoms with Crippen molar-refractivity contribution < 1.29 is 0 Å². The van der Waals surface area contributed by atoms with Crippen LogP contribution in [0.15, 0.2) is 66.9 Å². The summed E-state index contributed by atoms with van der Waals surface area (Å²) < 4.78 is 0. The maximum absolute atomic E-state index is 6.50. The molecule has 2 heteroatoms. The summed E-state index contributed by atoms with van der Waals surface area (Å²) in [6.07, 6.45) is 3.02. The molecule has 21 heavy (non-hydrogen) atoms. The lowest BCUT2D eigenvalue weighted by Gasteiger charge is -2.13. The highest BCUT2D eigenvalue weighted by atomic mass is 14.7. The Labute approximate surface area is 124 Å². The second-order valence-electron chi connectivity index (χ2n) is 5.90. The van der Waals surface area contributed by atoms with Crippen LogP contribution >= 0.6 is 0 Å². The molecule has 0 bridgehead atoms. The average molecular weight is 274 g/mol. The zero-order chi connectivity index (χ0) is 14.2. The molecule has 2 aromatic carbocycles. The molecule has 104 valence electrons. The molecule has 3 atom stereocenters. The molecule has 0 amide bonds. The van der Waals surface area contributed by atoms with Crippen molar-refractivity contribution in [2.75, 3.05) is 0 Å². The largest absolute Gasteiger partial charge is 0.324 e. The summed E-state index contributed by atoms with van der Waals surface area (Å²) in [5.74, 6) is 1.17. The van der Waals surface area contributed by atoms with Crippen LogP contribution in [0.2, 0.25) is 0 Å². The fourth-order valence-corrected chi connectivity index (χ4v) is 3.24. The average Bonchev–Trinajstić information content (AvgIpc) is 3.35. The van der Waals surface area contributed by atoms with Crippen molar-refractivity contribution in [3.05, 3.63) is 78.0 Å². The summed E-state index contributed by atoms with van der Waals surface area (Å²) >= 11 is 0. The minimum Gasteiger partial charge on any atom is -0.324 e. The SMILES string of the molecule is NC(c1ccc2ncccc2c1)C1CC1c1ccccc1. The van der Waals surface area contributed by atoms with Gasteiger partial charge < -0.3 is 5.73 Å². The van der Waals surface area contributed by atoms with Gasteiger partial charge in [0.2, 0.25) is 0 Å². The smallest absolute Gasteiger partial charge is 0.0702 e. The van der Waals surface area contributed by atoms with Crippen LogP contribution in [-0.2, 0) is 0 Å². The van der Waals surface area contributed by atoms with Gasteiger partial charge in [0, 0.05) is 17.6 Å². The number of nitrogens with two attached hydrogens (primary N) is 1. The van der Waals surface area contributed by atoms with E-state index in [9.17, 15) is 0 Å². The van der Waals surface area contributed by atoms with Gasteiger partial charge in [0.05, 0.1) is 5.52 Å². The monoisotopic (exact) mass is 274 g/mol. The van der Waals surface area contributed by atoms with E-state index < -0.39 is 0 Å². The molecule has 0 aliphatic heterocycles. The van der Waals surface area contributed by atoms with Crippen LogP contribution in [0.3, 0.4) is 0 Å². The third-order valence-electron chi connectivity index (χ3n) is 4.54. The number of nitrogens with zero attached hydrogens (tertiary/aromatic N) is 1. The van der Waals surface area contributed by atoms with Crippen molar-refractivity contribution in [1.82, 2.24) is 4.98 Å². The van der Waals surface area contributed by atoms with Crippen LogP contribution in [0.5, 0.6) is 0 Å². The molecular formula is C19H18N2. The van der Waals surface area contributed by atoms with Crippen molar-refractivity contribution >= 4 is 10.9 Å². The van der Waals surface area contributed by atoms with E-state index in [1.54, 1.807) is 0 Å². The number of rotatable bonds is 3. The maximum atomic E-state index is 6.50.